The highest BCUT2D eigenvalue weighted by molar-refractivity contribution is 5.82. The van der Waals surface area contributed by atoms with Gasteiger partial charge < -0.3 is 15.0 Å². The Morgan fingerprint density at radius 1 is 1.40 bits per heavy atom. The number of ether oxygens (including phenoxy) is 1. The molecule has 1 saturated heterocycles. The highest BCUT2D eigenvalue weighted by Crippen LogP contribution is 2.32. The van der Waals surface area contributed by atoms with Gasteiger partial charge in [-0.3, -0.25) is 9.79 Å². The third-order valence-corrected chi connectivity index (χ3v) is 4.25. The van der Waals surface area contributed by atoms with Crippen molar-refractivity contribution in [1.29, 1.82) is 0 Å². The molecule has 1 saturated carbocycles. The van der Waals surface area contributed by atoms with Gasteiger partial charge in [-0.1, -0.05) is 19.8 Å². The van der Waals surface area contributed by atoms with Crippen LogP contribution >= 0.6 is 0 Å². The van der Waals surface area contributed by atoms with Crippen molar-refractivity contribution < 1.29 is 9.53 Å². The zero-order valence-electron chi connectivity index (χ0n) is 12.9. The molecule has 1 heterocycles. The lowest BCUT2D eigenvalue weighted by molar-refractivity contribution is -0.145. The standard InChI is InChI=1S/C15H27N3O2/c1-4-16-15(17-8-7-12-5-6-12)18-9-11(2)13(10-18)14(19)20-3/h11-13H,4-10H2,1-3H3,(H,16,17). The van der Waals surface area contributed by atoms with Gasteiger partial charge >= 0.3 is 5.97 Å². The zero-order chi connectivity index (χ0) is 14.5. The fourth-order valence-corrected chi connectivity index (χ4v) is 2.78. The first kappa shape index (κ1) is 15.1. The Kier molecular flexibility index (Phi) is 5.26. The van der Waals surface area contributed by atoms with E-state index < -0.39 is 0 Å². The third-order valence-electron chi connectivity index (χ3n) is 4.25. The number of likely N-dealkylation sites (tertiary alicyclic amines) is 1. The van der Waals surface area contributed by atoms with Crippen LogP contribution in [0.2, 0.25) is 0 Å². The van der Waals surface area contributed by atoms with Crippen molar-refractivity contribution in [1.82, 2.24) is 10.2 Å². The van der Waals surface area contributed by atoms with E-state index in [0.29, 0.717) is 12.5 Å². The second kappa shape index (κ2) is 6.95. The van der Waals surface area contributed by atoms with Crippen LogP contribution in [0, 0.1) is 17.8 Å². The van der Waals surface area contributed by atoms with Gasteiger partial charge in [-0.15, -0.1) is 0 Å². The molecule has 2 rings (SSSR count). The maximum absolute atomic E-state index is 11.8. The summed E-state index contributed by atoms with van der Waals surface area (Å²) in [7, 11) is 1.46. The molecule has 2 atom stereocenters. The van der Waals surface area contributed by atoms with E-state index in [1.807, 2.05) is 0 Å². The molecule has 5 nitrogen and oxygen atoms in total. The Morgan fingerprint density at radius 3 is 2.75 bits per heavy atom. The summed E-state index contributed by atoms with van der Waals surface area (Å²) in [5.41, 5.74) is 0. The maximum atomic E-state index is 11.8. The Balaban J connectivity index is 1.92. The molecule has 1 N–H and O–H groups in total. The average Bonchev–Trinajstić information content (AvgIpc) is 3.18. The van der Waals surface area contributed by atoms with Gasteiger partial charge in [0.15, 0.2) is 5.96 Å². The minimum absolute atomic E-state index is 0.0349. The van der Waals surface area contributed by atoms with E-state index in [9.17, 15) is 4.79 Å². The number of nitrogens with zero attached hydrogens (tertiary/aromatic N) is 2. The molecule has 0 radical (unpaired) electrons. The number of hydrogen-bond donors (Lipinski definition) is 1. The molecule has 0 aromatic rings. The topological polar surface area (TPSA) is 53.9 Å². The van der Waals surface area contributed by atoms with E-state index in [1.54, 1.807) is 0 Å². The fourth-order valence-electron chi connectivity index (χ4n) is 2.78. The van der Waals surface area contributed by atoms with Crippen LogP contribution in [0.1, 0.15) is 33.1 Å². The molecule has 0 aromatic carbocycles. The van der Waals surface area contributed by atoms with Gasteiger partial charge in [0.05, 0.1) is 13.0 Å². The van der Waals surface area contributed by atoms with Crippen molar-refractivity contribution in [3.63, 3.8) is 0 Å². The Hall–Kier alpha value is -1.26. The van der Waals surface area contributed by atoms with E-state index >= 15 is 0 Å². The quantitative estimate of drug-likeness (QED) is 0.471. The molecular weight excluding hydrogens is 254 g/mol. The summed E-state index contributed by atoms with van der Waals surface area (Å²) in [6.45, 7) is 7.51. The summed E-state index contributed by atoms with van der Waals surface area (Å²) in [5.74, 6) is 2.03. The molecule has 0 aromatic heterocycles. The molecule has 2 fully saturated rings. The number of aliphatic imine (C=N–C) groups is 1. The van der Waals surface area contributed by atoms with Gasteiger partial charge in [0, 0.05) is 26.2 Å². The molecule has 5 heteroatoms. The maximum Gasteiger partial charge on any atom is 0.310 e. The number of rotatable bonds is 5. The van der Waals surface area contributed by atoms with Crippen LogP contribution in [-0.4, -0.2) is 50.1 Å². The second-order valence-corrected chi connectivity index (χ2v) is 5.98. The normalized spacial score (nSPS) is 26.8. The largest absolute Gasteiger partial charge is 0.469 e. The van der Waals surface area contributed by atoms with Crippen molar-refractivity contribution in [2.24, 2.45) is 22.7 Å². The number of carbonyl (C=O) groups is 1. The molecular formula is C15H27N3O2. The van der Waals surface area contributed by atoms with Crippen molar-refractivity contribution >= 4 is 11.9 Å². The van der Waals surface area contributed by atoms with Crippen LogP contribution < -0.4 is 5.32 Å². The minimum Gasteiger partial charge on any atom is -0.469 e. The van der Waals surface area contributed by atoms with Crippen molar-refractivity contribution in [3.05, 3.63) is 0 Å². The highest BCUT2D eigenvalue weighted by Gasteiger charge is 2.36. The second-order valence-electron chi connectivity index (χ2n) is 5.98. The first-order valence-corrected chi connectivity index (χ1v) is 7.76. The van der Waals surface area contributed by atoms with Crippen LogP contribution in [0.15, 0.2) is 4.99 Å². The first-order chi connectivity index (χ1) is 9.65. The van der Waals surface area contributed by atoms with E-state index in [2.05, 4.69) is 24.1 Å². The number of esters is 1. The predicted molar refractivity (Wildman–Crippen MR) is 79.6 cm³/mol. The Morgan fingerprint density at radius 2 is 2.15 bits per heavy atom. The summed E-state index contributed by atoms with van der Waals surface area (Å²) in [5, 5.41) is 3.34. The van der Waals surface area contributed by atoms with E-state index in [0.717, 1.165) is 31.5 Å². The number of carbonyl (C=O) groups excluding carboxylic acids is 1. The van der Waals surface area contributed by atoms with Gasteiger partial charge in [0.2, 0.25) is 0 Å². The average molecular weight is 281 g/mol. The summed E-state index contributed by atoms with van der Waals surface area (Å²) >= 11 is 0. The lowest BCUT2D eigenvalue weighted by Gasteiger charge is -2.21. The van der Waals surface area contributed by atoms with Crippen LogP contribution in [0.4, 0.5) is 0 Å². The van der Waals surface area contributed by atoms with Crippen LogP contribution in [0.3, 0.4) is 0 Å². The molecule has 2 unspecified atom stereocenters. The summed E-state index contributed by atoms with van der Waals surface area (Å²) in [6, 6.07) is 0. The summed E-state index contributed by atoms with van der Waals surface area (Å²) < 4.78 is 4.89. The summed E-state index contributed by atoms with van der Waals surface area (Å²) in [4.78, 5) is 18.7. The molecule has 2 aliphatic rings. The van der Waals surface area contributed by atoms with Crippen LogP contribution in [-0.2, 0) is 9.53 Å². The van der Waals surface area contributed by atoms with Gasteiger partial charge in [0.25, 0.3) is 0 Å². The van der Waals surface area contributed by atoms with Crippen molar-refractivity contribution in [3.8, 4) is 0 Å². The van der Waals surface area contributed by atoms with Crippen LogP contribution in [0.5, 0.6) is 0 Å². The van der Waals surface area contributed by atoms with E-state index in [4.69, 9.17) is 9.73 Å². The van der Waals surface area contributed by atoms with Crippen molar-refractivity contribution in [2.75, 3.05) is 33.3 Å². The van der Waals surface area contributed by atoms with Gasteiger partial charge in [0.1, 0.15) is 0 Å². The zero-order valence-corrected chi connectivity index (χ0v) is 12.9. The summed E-state index contributed by atoms with van der Waals surface area (Å²) in [6.07, 6.45) is 3.94. The molecule has 0 spiro atoms. The van der Waals surface area contributed by atoms with Crippen LogP contribution in [0.25, 0.3) is 0 Å². The number of hydrogen-bond acceptors (Lipinski definition) is 3. The highest BCUT2D eigenvalue weighted by atomic mass is 16.5. The monoisotopic (exact) mass is 281 g/mol. The SMILES string of the molecule is CCNC(=NCCC1CC1)N1CC(C)C(C(=O)OC)C1. The number of guanidine groups is 1. The molecule has 1 aliphatic heterocycles. The van der Waals surface area contributed by atoms with E-state index in [1.165, 1.54) is 26.4 Å². The molecule has 0 bridgehead atoms. The number of methoxy groups -OCH3 is 1. The molecule has 114 valence electrons. The lowest BCUT2D eigenvalue weighted by atomic mass is 9.99. The Labute approximate surface area is 121 Å². The van der Waals surface area contributed by atoms with Gasteiger partial charge in [-0.05, 0) is 25.2 Å². The minimum atomic E-state index is -0.103. The van der Waals surface area contributed by atoms with Crippen molar-refractivity contribution in [2.45, 2.75) is 33.1 Å². The predicted octanol–water partition coefficient (Wildman–Crippen LogP) is 1.49. The molecule has 20 heavy (non-hydrogen) atoms. The van der Waals surface area contributed by atoms with E-state index in [-0.39, 0.29) is 11.9 Å². The van der Waals surface area contributed by atoms with Gasteiger partial charge in [-0.25, -0.2) is 0 Å². The third kappa shape index (κ3) is 3.87. The lowest BCUT2D eigenvalue weighted by Crippen LogP contribution is -2.40. The molecule has 0 amide bonds. The fraction of sp³-hybridized carbons (Fsp3) is 0.867. The number of nitrogens with one attached hydrogen (secondary N) is 1. The molecule has 1 aliphatic carbocycles. The smallest absolute Gasteiger partial charge is 0.310 e. The van der Waals surface area contributed by atoms with Gasteiger partial charge in [-0.2, -0.15) is 0 Å². The first-order valence-electron chi connectivity index (χ1n) is 7.76. The Bertz CT molecular complexity index is 366.